The summed E-state index contributed by atoms with van der Waals surface area (Å²) in [6, 6.07) is 0. The van der Waals surface area contributed by atoms with Gasteiger partial charge in [-0.05, 0) is 33.1 Å². The van der Waals surface area contributed by atoms with Gasteiger partial charge in [0.25, 0.3) is 0 Å². The van der Waals surface area contributed by atoms with Gasteiger partial charge in [-0.2, -0.15) is 0 Å². The van der Waals surface area contributed by atoms with Gasteiger partial charge in [-0.3, -0.25) is 4.79 Å². The smallest absolute Gasteiger partial charge is 0.132 e. The zero-order valence-corrected chi connectivity index (χ0v) is 8.47. The molecule has 0 bridgehead atoms. The van der Waals surface area contributed by atoms with Crippen molar-refractivity contribution in [2.75, 3.05) is 0 Å². The van der Waals surface area contributed by atoms with E-state index in [0.29, 0.717) is 5.78 Å². The van der Waals surface area contributed by atoms with E-state index < -0.39 is 0 Å². The summed E-state index contributed by atoms with van der Waals surface area (Å²) in [7, 11) is 0. The Morgan fingerprint density at radius 3 is 2.58 bits per heavy atom. The quantitative estimate of drug-likeness (QED) is 0.439. The molecule has 1 unspecified atom stereocenters. The highest BCUT2D eigenvalue weighted by Gasteiger charge is 2.05. The van der Waals surface area contributed by atoms with Crippen LogP contribution < -0.4 is 0 Å². The average molecular weight is 168 g/mol. The van der Waals surface area contributed by atoms with Gasteiger partial charge >= 0.3 is 0 Å². The first-order chi connectivity index (χ1) is 5.68. The van der Waals surface area contributed by atoms with Crippen molar-refractivity contribution in [2.45, 2.75) is 46.5 Å². The summed E-state index contributed by atoms with van der Waals surface area (Å²) in [6.07, 6.45) is 8.84. The van der Waals surface area contributed by atoms with Crippen LogP contribution in [0.25, 0.3) is 0 Å². The van der Waals surface area contributed by atoms with Gasteiger partial charge in [0.1, 0.15) is 5.78 Å². The molecule has 0 rings (SSSR count). The van der Waals surface area contributed by atoms with Crippen LogP contribution in [0.3, 0.4) is 0 Å². The first-order valence-corrected chi connectivity index (χ1v) is 4.80. The van der Waals surface area contributed by atoms with E-state index >= 15 is 0 Å². The number of carbonyl (C=O) groups excluding carboxylic acids is 1. The summed E-state index contributed by atoms with van der Waals surface area (Å²) in [6.45, 7) is 5.73. The maximum absolute atomic E-state index is 10.8. The van der Waals surface area contributed by atoms with Crippen molar-refractivity contribution >= 4 is 5.78 Å². The van der Waals surface area contributed by atoms with E-state index in [4.69, 9.17) is 0 Å². The van der Waals surface area contributed by atoms with Gasteiger partial charge in [-0.15, -0.1) is 0 Å². The maximum Gasteiger partial charge on any atom is 0.132 e. The zero-order valence-electron chi connectivity index (χ0n) is 8.47. The van der Waals surface area contributed by atoms with Crippen LogP contribution >= 0.6 is 0 Å². The monoisotopic (exact) mass is 168 g/mol. The van der Waals surface area contributed by atoms with Crippen LogP contribution in [0.4, 0.5) is 0 Å². The zero-order chi connectivity index (χ0) is 9.40. The predicted molar refractivity (Wildman–Crippen MR) is 53.1 cm³/mol. The third-order valence-corrected chi connectivity index (χ3v) is 2.19. The topological polar surface area (TPSA) is 17.1 Å². The van der Waals surface area contributed by atoms with E-state index in [1.807, 2.05) is 13.8 Å². The molecular weight excluding hydrogens is 148 g/mol. The predicted octanol–water partition coefficient (Wildman–Crippen LogP) is 3.35. The first-order valence-electron chi connectivity index (χ1n) is 4.80. The largest absolute Gasteiger partial charge is 0.300 e. The van der Waals surface area contributed by atoms with Crippen molar-refractivity contribution in [3.05, 3.63) is 12.2 Å². The molecule has 1 heteroatoms. The molecule has 0 aromatic heterocycles. The number of allylic oxidation sites excluding steroid dienone is 2. The van der Waals surface area contributed by atoms with Crippen LogP contribution in [-0.4, -0.2) is 5.78 Å². The molecular formula is C11H20O. The van der Waals surface area contributed by atoms with Crippen LogP contribution in [-0.2, 0) is 4.79 Å². The Bertz CT molecular complexity index is 147. The molecule has 1 nitrogen and oxygen atoms in total. The van der Waals surface area contributed by atoms with Crippen molar-refractivity contribution in [1.29, 1.82) is 0 Å². The van der Waals surface area contributed by atoms with Crippen molar-refractivity contribution in [3.63, 3.8) is 0 Å². The molecule has 0 radical (unpaired) electrons. The third kappa shape index (κ3) is 6.14. The number of Topliss-reactive ketones (excluding diaryl/α,β-unsaturated/α-hetero) is 1. The minimum atomic E-state index is 0.260. The lowest BCUT2D eigenvalue weighted by Crippen LogP contribution is -2.05. The molecule has 0 N–H and O–H groups in total. The Kier molecular flexibility index (Phi) is 6.73. The Hall–Kier alpha value is -0.590. The summed E-state index contributed by atoms with van der Waals surface area (Å²) in [5.41, 5.74) is 0. The van der Waals surface area contributed by atoms with Crippen LogP contribution in [0, 0.1) is 5.92 Å². The fourth-order valence-corrected chi connectivity index (χ4v) is 1.08. The maximum atomic E-state index is 10.8. The van der Waals surface area contributed by atoms with Gasteiger partial charge in [0, 0.05) is 5.92 Å². The van der Waals surface area contributed by atoms with E-state index in [1.165, 1.54) is 12.8 Å². The summed E-state index contributed by atoms with van der Waals surface area (Å²) >= 11 is 0. The minimum absolute atomic E-state index is 0.260. The van der Waals surface area contributed by atoms with Gasteiger partial charge in [0.05, 0.1) is 0 Å². The molecule has 1 atom stereocenters. The van der Waals surface area contributed by atoms with Gasteiger partial charge in [-0.1, -0.05) is 25.5 Å². The fourth-order valence-electron chi connectivity index (χ4n) is 1.08. The van der Waals surface area contributed by atoms with E-state index in [9.17, 15) is 4.79 Å². The summed E-state index contributed by atoms with van der Waals surface area (Å²) in [4.78, 5) is 10.8. The first kappa shape index (κ1) is 11.4. The van der Waals surface area contributed by atoms with Gasteiger partial charge in [-0.25, -0.2) is 0 Å². The highest BCUT2D eigenvalue weighted by atomic mass is 16.1. The second kappa shape index (κ2) is 7.08. The lowest BCUT2D eigenvalue weighted by molar-refractivity contribution is -0.120. The van der Waals surface area contributed by atoms with Crippen molar-refractivity contribution < 1.29 is 4.79 Å². The summed E-state index contributed by atoms with van der Waals surface area (Å²) in [5.74, 6) is 0.580. The molecule has 0 saturated heterocycles. The second-order valence-electron chi connectivity index (χ2n) is 3.37. The van der Waals surface area contributed by atoms with E-state index in [0.717, 1.165) is 12.8 Å². The van der Waals surface area contributed by atoms with Crippen molar-refractivity contribution in [1.82, 2.24) is 0 Å². The lowest BCUT2D eigenvalue weighted by atomic mass is 10.00. The Labute approximate surface area is 75.9 Å². The summed E-state index contributed by atoms with van der Waals surface area (Å²) < 4.78 is 0. The van der Waals surface area contributed by atoms with Crippen LogP contribution in [0.1, 0.15) is 46.5 Å². The Morgan fingerprint density at radius 2 is 2.08 bits per heavy atom. The van der Waals surface area contributed by atoms with Crippen LogP contribution in [0.2, 0.25) is 0 Å². The van der Waals surface area contributed by atoms with Crippen LogP contribution in [0.15, 0.2) is 12.2 Å². The minimum Gasteiger partial charge on any atom is -0.300 e. The van der Waals surface area contributed by atoms with Crippen molar-refractivity contribution in [2.24, 2.45) is 5.92 Å². The van der Waals surface area contributed by atoms with E-state index in [-0.39, 0.29) is 5.92 Å². The summed E-state index contributed by atoms with van der Waals surface area (Å²) in [5, 5.41) is 0. The Morgan fingerprint density at radius 1 is 1.42 bits per heavy atom. The second-order valence-corrected chi connectivity index (χ2v) is 3.37. The number of hydrogen-bond donors (Lipinski definition) is 0. The molecule has 0 saturated carbocycles. The SMILES string of the molecule is CC=CCCCCC(C)C(C)=O. The highest BCUT2D eigenvalue weighted by Crippen LogP contribution is 2.10. The fraction of sp³-hybridized carbons (Fsp3) is 0.727. The molecule has 12 heavy (non-hydrogen) atoms. The molecule has 0 aromatic carbocycles. The molecule has 0 aliphatic rings. The number of ketones is 1. The molecule has 0 fully saturated rings. The highest BCUT2D eigenvalue weighted by molar-refractivity contribution is 5.77. The Balaban J connectivity index is 3.25. The van der Waals surface area contributed by atoms with Gasteiger partial charge in [0.2, 0.25) is 0 Å². The lowest BCUT2D eigenvalue weighted by Gasteiger charge is -2.05. The van der Waals surface area contributed by atoms with Crippen molar-refractivity contribution in [3.8, 4) is 0 Å². The standard InChI is InChI=1S/C11H20O/c1-4-5-6-7-8-9-10(2)11(3)12/h4-5,10H,6-9H2,1-3H3. The molecule has 0 aliphatic heterocycles. The molecule has 0 aromatic rings. The number of rotatable bonds is 6. The van der Waals surface area contributed by atoms with Crippen LogP contribution in [0.5, 0.6) is 0 Å². The molecule has 0 heterocycles. The normalized spacial score (nSPS) is 13.6. The number of carbonyl (C=O) groups is 1. The third-order valence-electron chi connectivity index (χ3n) is 2.19. The van der Waals surface area contributed by atoms with E-state index in [1.54, 1.807) is 6.92 Å². The van der Waals surface area contributed by atoms with E-state index in [2.05, 4.69) is 12.2 Å². The number of hydrogen-bond acceptors (Lipinski definition) is 1. The van der Waals surface area contributed by atoms with Gasteiger partial charge in [0.15, 0.2) is 0 Å². The number of unbranched alkanes of at least 4 members (excludes halogenated alkanes) is 2. The average Bonchev–Trinajstić information content (AvgIpc) is 2.03. The molecule has 0 amide bonds. The molecule has 70 valence electrons. The molecule has 0 aliphatic carbocycles. The molecule has 0 spiro atoms. The van der Waals surface area contributed by atoms with Gasteiger partial charge < -0.3 is 0 Å².